The average Bonchev–Trinajstić information content (AvgIpc) is 3.40. The van der Waals surface area contributed by atoms with E-state index in [4.69, 9.17) is 5.10 Å². The second kappa shape index (κ2) is 7.95. The van der Waals surface area contributed by atoms with Gasteiger partial charge in [0, 0.05) is 31.6 Å². The van der Waals surface area contributed by atoms with Crippen LogP contribution >= 0.6 is 0 Å². The van der Waals surface area contributed by atoms with Gasteiger partial charge < -0.3 is 14.7 Å². The van der Waals surface area contributed by atoms with E-state index >= 15 is 0 Å². The Balaban J connectivity index is 1.25. The Hall–Kier alpha value is -1.73. The first-order valence-electron chi connectivity index (χ1n) is 11.2. The van der Waals surface area contributed by atoms with Crippen LogP contribution in [0.15, 0.2) is 12.1 Å². The monoisotopic (exact) mass is 383 g/mol. The number of aromatic nitrogens is 4. The summed E-state index contributed by atoms with van der Waals surface area (Å²) in [6.45, 7) is 7.04. The van der Waals surface area contributed by atoms with E-state index in [2.05, 4.69) is 44.1 Å². The highest BCUT2D eigenvalue weighted by molar-refractivity contribution is 5.46. The highest BCUT2D eigenvalue weighted by atomic mass is 15.4. The highest BCUT2D eigenvalue weighted by Crippen LogP contribution is 2.28. The Morgan fingerprint density at radius 3 is 2.46 bits per heavy atom. The summed E-state index contributed by atoms with van der Waals surface area (Å²) in [6.07, 6.45) is 8.96. The van der Waals surface area contributed by atoms with Crippen LogP contribution < -0.4 is 4.90 Å². The van der Waals surface area contributed by atoms with Gasteiger partial charge in [-0.25, -0.2) is 0 Å². The molecular formula is C21H33N7. The number of rotatable bonds is 4. The van der Waals surface area contributed by atoms with Crippen molar-refractivity contribution in [3.8, 4) is 0 Å². The first kappa shape index (κ1) is 18.3. The lowest BCUT2D eigenvalue weighted by molar-refractivity contribution is 0.111. The number of nitrogens with zero attached hydrogens (tertiary/aromatic N) is 7. The van der Waals surface area contributed by atoms with Crippen molar-refractivity contribution in [3.05, 3.63) is 18.0 Å². The van der Waals surface area contributed by atoms with E-state index in [-0.39, 0.29) is 0 Å². The molecule has 152 valence electrons. The van der Waals surface area contributed by atoms with E-state index in [1.165, 1.54) is 45.2 Å². The molecule has 0 saturated carbocycles. The highest BCUT2D eigenvalue weighted by Gasteiger charge is 2.28. The molecule has 28 heavy (non-hydrogen) atoms. The smallest absolute Gasteiger partial charge is 0.178 e. The summed E-state index contributed by atoms with van der Waals surface area (Å²) < 4.78 is 2.02. The largest absolute Gasteiger partial charge is 0.355 e. The number of anilines is 1. The van der Waals surface area contributed by atoms with Gasteiger partial charge in [0.05, 0.1) is 0 Å². The molecule has 0 aliphatic carbocycles. The number of likely N-dealkylation sites (N-methyl/N-ethyl adjacent to an activating group) is 1. The third kappa shape index (κ3) is 3.62. The number of piperidine rings is 2. The second-order valence-electron chi connectivity index (χ2n) is 8.92. The minimum Gasteiger partial charge on any atom is -0.355 e. The Labute approximate surface area is 167 Å². The lowest BCUT2D eigenvalue weighted by Crippen LogP contribution is -2.46. The fourth-order valence-corrected chi connectivity index (χ4v) is 5.21. The molecule has 1 unspecified atom stereocenters. The van der Waals surface area contributed by atoms with Crippen LogP contribution in [0.3, 0.4) is 0 Å². The molecule has 3 aliphatic heterocycles. The molecule has 2 aromatic rings. The molecule has 5 rings (SSSR count). The summed E-state index contributed by atoms with van der Waals surface area (Å²) in [4.78, 5) is 7.60. The van der Waals surface area contributed by atoms with Crippen molar-refractivity contribution >= 4 is 11.5 Å². The molecular weight excluding hydrogens is 350 g/mol. The molecule has 0 amide bonds. The van der Waals surface area contributed by atoms with Crippen LogP contribution in [0.2, 0.25) is 0 Å². The van der Waals surface area contributed by atoms with E-state index in [9.17, 15) is 0 Å². The van der Waals surface area contributed by atoms with Gasteiger partial charge in [-0.15, -0.1) is 15.3 Å². The zero-order valence-corrected chi connectivity index (χ0v) is 17.1. The van der Waals surface area contributed by atoms with Gasteiger partial charge in [-0.1, -0.05) is 6.42 Å². The summed E-state index contributed by atoms with van der Waals surface area (Å²) in [5.74, 6) is 2.60. The van der Waals surface area contributed by atoms with Gasteiger partial charge in [-0.2, -0.15) is 4.52 Å². The maximum absolute atomic E-state index is 4.91. The maximum Gasteiger partial charge on any atom is 0.178 e. The van der Waals surface area contributed by atoms with E-state index in [0.29, 0.717) is 5.92 Å². The first-order valence-corrected chi connectivity index (χ1v) is 11.2. The molecule has 0 spiro atoms. The first-order chi connectivity index (χ1) is 13.8. The molecule has 0 bridgehead atoms. The van der Waals surface area contributed by atoms with Crippen molar-refractivity contribution in [3.63, 3.8) is 0 Å². The van der Waals surface area contributed by atoms with Crippen molar-refractivity contribution in [2.75, 3.05) is 51.2 Å². The normalized spacial score (nSPS) is 25.8. The number of fused-ring (bicyclic) bond motifs is 1. The van der Waals surface area contributed by atoms with Crippen molar-refractivity contribution < 1.29 is 0 Å². The molecule has 1 atom stereocenters. The molecule has 0 radical (unpaired) electrons. The number of likely N-dealkylation sites (tertiary alicyclic amines) is 2. The Morgan fingerprint density at radius 1 is 0.893 bits per heavy atom. The quantitative estimate of drug-likeness (QED) is 0.808. The zero-order chi connectivity index (χ0) is 18.9. The van der Waals surface area contributed by atoms with Crippen LogP contribution in [0.4, 0.5) is 5.82 Å². The van der Waals surface area contributed by atoms with Crippen LogP contribution in [0.5, 0.6) is 0 Å². The van der Waals surface area contributed by atoms with Crippen LogP contribution in [-0.4, -0.2) is 82.0 Å². The van der Waals surface area contributed by atoms with Crippen LogP contribution in [0, 0.1) is 0 Å². The van der Waals surface area contributed by atoms with Crippen LogP contribution in [-0.2, 0) is 0 Å². The summed E-state index contributed by atoms with van der Waals surface area (Å²) in [5, 5.41) is 13.9. The summed E-state index contributed by atoms with van der Waals surface area (Å²) >= 11 is 0. The van der Waals surface area contributed by atoms with Crippen molar-refractivity contribution in [2.24, 2.45) is 0 Å². The molecule has 0 aromatic carbocycles. The van der Waals surface area contributed by atoms with Gasteiger partial charge >= 0.3 is 0 Å². The van der Waals surface area contributed by atoms with Gasteiger partial charge in [0.1, 0.15) is 5.82 Å². The van der Waals surface area contributed by atoms with E-state index in [1.807, 2.05) is 4.52 Å². The molecule has 7 heteroatoms. The third-order valence-electron chi connectivity index (χ3n) is 7.05. The molecule has 2 aromatic heterocycles. The minimum atomic E-state index is 0.469. The fourth-order valence-electron chi connectivity index (χ4n) is 5.21. The lowest BCUT2D eigenvalue weighted by atomic mass is 9.95. The predicted octanol–water partition coefficient (Wildman–Crippen LogP) is 2.39. The van der Waals surface area contributed by atoms with Crippen LogP contribution in [0.1, 0.15) is 56.7 Å². The molecule has 3 aliphatic rings. The molecule has 3 saturated heterocycles. The number of hydrogen-bond acceptors (Lipinski definition) is 6. The van der Waals surface area contributed by atoms with E-state index in [1.54, 1.807) is 0 Å². The van der Waals surface area contributed by atoms with Gasteiger partial charge in [-0.05, 0) is 77.3 Å². The van der Waals surface area contributed by atoms with Crippen molar-refractivity contribution in [1.82, 2.24) is 29.6 Å². The van der Waals surface area contributed by atoms with Gasteiger partial charge in [0.2, 0.25) is 0 Å². The molecule has 0 N–H and O–H groups in total. The molecule has 7 nitrogen and oxygen atoms in total. The topological polar surface area (TPSA) is 52.8 Å². The second-order valence-corrected chi connectivity index (χ2v) is 8.92. The SMILES string of the molecule is CN1CCCCC1CN1CCC(c2nnc3ccc(N4CCCC4)nn23)CC1. The standard InChI is InChI=1S/C21H33N7/c1-25-11-3-2-6-18(25)16-26-14-9-17(10-15-26)21-23-22-19-7-8-20(24-28(19)21)27-12-4-5-13-27/h7-8,17-18H,2-6,9-16H2,1H3. The summed E-state index contributed by atoms with van der Waals surface area (Å²) in [6, 6.07) is 4.91. The van der Waals surface area contributed by atoms with E-state index < -0.39 is 0 Å². The third-order valence-corrected chi connectivity index (χ3v) is 7.05. The minimum absolute atomic E-state index is 0.469. The van der Waals surface area contributed by atoms with Gasteiger partial charge in [-0.3, -0.25) is 0 Å². The Morgan fingerprint density at radius 2 is 1.68 bits per heavy atom. The van der Waals surface area contributed by atoms with Crippen molar-refractivity contribution in [2.45, 2.75) is 56.9 Å². The van der Waals surface area contributed by atoms with E-state index in [0.717, 1.165) is 62.4 Å². The Kier molecular flexibility index (Phi) is 5.20. The van der Waals surface area contributed by atoms with Crippen molar-refractivity contribution in [1.29, 1.82) is 0 Å². The predicted molar refractivity (Wildman–Crippen MR) is 111 cm³/mol. The molecule has 5 heterocycles. The van der Waals surface area contributed by atoms with Gasteiger partial charge in [0.15, 0.2) is 11.5 Å². The van der Waals surface area contributed by atoms with Crippen LogP contribution in [0.25, 0.3) is 5.65 Å². The summed E-state index contributed by atoms with van der Waals surface area (Å²) in [7, 11) is 2.29. The average molecular weight is 384 g/mol. The Bertz CT molecular complexity index is 789. The fraction of sp³-hybridized carbons (Fsp3) is 0.762. The lowest BCUT2D eigenvalue weighted by Gasteiger charge is -2.38. The molecule has 3 fully saturated rings. The number of hydrogen-bond donors (Lipinski definition) is 0. The maximum atomic E-state index is 4.91. The summed E-state index contributed by atoms with van der Waals surface area (Å²) in [5.41, 5.74) is 0.879. The van der Waals surface area contributed by atoms with Gasteiger partial charge in [0.25, 0.3) is 0 Å². The zero-order valence-electron chi connectivity index (χ0n) is 17.1.